The van der Waals surface area contributed by atoms with E-state index < -0.39 is 0 Å². The van der Waals surface area contributed by atoms with Gasteiger partial charge in [0.25, 0.3) is 5.91 Å². The first kappa shape index (κ1) is 15.4. The molecule has 2 aromatic heterocycles. The monoisotopic (exact) mass is 283 g/mol. The normalized spacial score (nSPS) is 10.3. The number of hydrogen-bond acceptors (Lipinski definition) is 4. The summed E-state index contributed by atoms with van der Waals surface area (Å²) in [5.41, 5.74) is 2.02. The zero-order chi connectivity index (χ0) is 13.1. The van der Waals surface area contributed by atoms with E-state index in [1.54, 1.807) is 22.7 Å². The third-order valence-electron chi connectivity index (χ3n) is 2.78. The molecule has 0 aliphatic carbocycles. The van der Waals surface area contributed by atoms with E-state index in [0.717, 1.165) is 12.2 Å². The van der Waals surface area contributed by atoms with E-state index in [1.165, 1.54) is 0 Å². The maximum Gasteiger partial charge on any atom is 0.259 e. The van der Waals surface area contributed by atoms with Crippen LogP contribution in [-0.2, 0) is 0 Å². The number of amides is 1. The Balaban J connectivity index is 0.00000180. The molecule has 0 spiro atoms. The Morgan fingerprint density at radius 2 is 2.26 bits per heavy atom. The van der Waals surface area contributed by atoms with Crippen molar-refractivity contribution in [1.82, 2.24) is 24.8 Å². The number of aryl methyl sites for hydroxylation is 1. The van der Waals surface area contributed by atoms with Crippen LogP contribution in [0, 0.1) is 6.92 Å². The predicted octanol–water partition coefficient (Wildman–Crippen LogP) is 0.751. The first-order valence-electron chi connectivity index (χ1n) is 5.84. The van der Waals surface area contributed by atoms with Crippen molar-refractivity contribution in [3.8, 4) is 0 Å². The van der Waals surface area contributed by atoms with Crippen molar-refractivity contribution in [2.45, 2.75) is 6.92 Å². The van der Waals surface area contributed by atoms with Gasteiger partial charge < -0.3 is 10.2 Å². The smallest absolute Gasteiger partial charge is 0.259 e. The number of likely N-dealkylation sites (N-methyl/N-ethyl adjacent to an activating group) is 2. The molecule has 2 heterocycles. The van der Waals surface area contributed by atoms with Crippen molar-refractivity contribution in [2.24, 2.45) is 0 Å². The van der Waals surface area contributed by atoms with Gasteiger partial charge in [-0.05, 0) is 20.0 Å². The lowest BCUT2D eigenvalue weighted by molar-refractivity contribution is 0.0798. The number of nitrogens with zero attached hydrogens (tertiary/aromatic N) is 4. The summed E-state index contributed by atoms with van der Waals surface area (Å²) in [6.45, 7) is 3.30. The van der Waals surface area contributed by atoms with Crippen LogP contribution in [0.25, 0.3) is 5.65 Å². The number of aromatic nitrogens is 3. The maximum absolute atomic E-state index is 12.2. The van der Waals surface area contributed by atoms with Crippen LogP contribution in [-0.4, -0.2) is 52.6 Å². The van der Waals surface area contributed by atoms with Gasteiger partial charge >= 0.3 is 0 Å². The summed E-state index contributed by atoms with van der Waals surface area (Å²) in [5, 5.41) is 7.15. The topological polar surface area (TPSA) is 62.5 Å². The van der Waals surface area contributed by atoms with Crippen molar-refractivity contribution >= 4 is 24.0 Å². The van der Waals surface area contributed by atoms with Gasteiger partial charge in [-0.3, -0.25) is 4.79 Å². The molecular weight excluding hydrogens is 266 g/mol. The van der Waals surface area contributed by atoms with Gasteiger partial charge in [0.1, 0.15) is 5.56 Å². The Bertz CT molecular complexity index is 568. The minimum Gasteiger partial charge on any atom is -0.340 e. The molecule has 0 bridgehead atoms. The molecule has 7 heteroatoms. The second kappa shape index (κ2) is 6.49. The molecule has 0 aliphatic heterocycles. The second-order valence-corrected chi connectivity index (χ2v) is 4.23. The fraction of sp³-hybridized carbons (Fsp3) is 0.417. The molecule has 0 atom stereocenters. The summed E-state index contributed by atoms with van der Waals surface area (Å²) in [7, 11) is 3.64. The lowest BCUT2D eigenvalue weighted by Gasteiger charge is -2.15. The van der Waals surface area contributed by atoms with Gasteiger partial charge in [0.15, 0.2) is 5.65 Å². The van der Waals surface area contributed by atoms with Crippen molar-refractivity contribution in [2.75, 3.05) is 27.2 Å². The van der Waals surface area contributed by atoms with E-state index in [2.05, 4.69) is 15.4 Å². The summed E-state index contributed by atoms with van der Waals surface area (Å²) in [5.74, 6) is -0.0571. The van der Waals surface area contributed by atoms with Crippen LogP contribution in [0.5, 0.6) is 0 Å². The summed E-state index contributed by atoms with van der Waals surface area (Å²) in [6.07, 6.45) is 3.38. The van der Waals surface area contributed by atoms with Crippen LogP contribution in [0.15, 0.2) is 18.5 Å². The molecule has 0 radical (unpaired) electrons. The molecule has 0 unspecified atom stereocenters. The van der Waals surface area contributed by atoms with Crippen LogP contribution < -0.4 is 5.32 Å². The zero-order valence-corrected chi connectivity index (χ0v) is 12.1. The fourth-order valence-electron chi connectivity index (χ4n) is 1.70. The average molecular weight is 284 g/mol. The number of hydrogen-bond donors (Lipinski definition) is 1. The zero-order valence-electron chi connectivity index (χ0n) is 11.3. The van der Waals surface area contributed by atoms with Crippen LogP contribution in [0.2, 0.25) is 0 Å². The molecule has 104 valence electrons. The summed E-state index contributed by atoms with van der Waals surface area (Å²) in [6, 6.07) is 1.86. The van der Waals surface area contributed by atoms with Gasteiger partial charge in [0.05, 0.1) is 6.20 Å². The standard InChI is InChI=1S/C12H17N5O.ClH/c1-9-4-6-17-11(15-9)10(8-14-17)12(18)16(3)7-5-13-2;/h4,6,8,13H,5,7H2,1-3H3;1H. The van der Waals surface area contributed by atoms with E-state index in [1.807, 2.05) is 26.2 Å². The van der Waals surface area contributed by atoms with Gasteiger partial charge in [-0.2, -0.15) is 5.10 Å². The molecule has 0 aromatic carbocycles. The summed E-state index contributed by atoms with van der Waals surface area (Å²) < 4.78 is 1.62. The molecule has 2 aromatic rings. The summed E-state index contributed by atoms with van der Waals surface area (Å²) >= 11 is 0. The number of carbonyl (C=O) groups excluding carboxylic acids is 1. The quantitative estimate of drug-likeness (QED) is 0.899. The molecule has 0 fully saturated rings. The second-order valence-electron chi connectivity index (χ2n) is 4.23. The Labute approximate surface area is 118 Å². The van der Waals surface area contributed by atoms with E-state index >= 15 is 0 Å². The largest absolute Gasteiger partial charge is 0.340 e. The molecular formula is C12H18ClN5O. The van der Waals surface area contributed by atoms with Crippen LogP contribution >= 0.6 is 12.4 Å². The fourth-order valence-corrected chi connectivity index (χ4v) is 1.70. The molecule has 0 saturated carbocycles. The van der Waals surface area contributed by atoms with Gasteiger partial charge in [0.2, 0.25) is 0 Å². The van der Waals surface area contributed by atoms with Crippen LogP contribution in [0.4, 0.5) is 0 Å². The minimum atomic E-state index is -0.0571. The highest BCUT2D eigenvalue weighted by Gasteiger charge is 2.17. The van der Waals surface area contributed by atoms with E-state index in [-0.39, 0.29) is 18.3 Å². The first-order chi connectivity index (χ1) is 8.63. The van der Waals surface area contributed by atoms with Crippen molar-refractivity contribution < 1.29 is 4.79 Å². The van der Waals surface area contributed by atoms with Gasteiger partial charge in [-0.15, -0.1) is 12.4 Å². The molecule has 0 aliphatic rings. The van der Waals surface area contributed by atoms with Crippen molar-refractivity contribution in [3.05, 3.63) is 29.7 Å². The number of halogens is 1. The molecule has 2 rings (SSSR count). The average Bonchev–Trinajstić information content (AvgIpc) is 2.77. The van der Waals surface area contributed by atoms with Gasteiger partial charge in [-0.25, -0.2) is 9.50 Å². The number of rotatable bonds is 4. The van der Waals surface area contributed by atoms with Crippen LogP contribution in [0.1, 0.15) is 16.1 Å². The predicted molar refractivity (Wildman–Crippen MR) is 75.9 cm³/mol. The third-order valence-corrected chi connectivity index (χ3v) is 2.78. The molecule has 1 amide bonds. The van der Waals surface area contributed by atoms with E-state index in [0.29, 0.717) is 17.8 Å². The Hall–Kier alpha value is -1.66. The first-order valence-corrected chi connectivity index (χ1v) is 5.84. The molecule has 0 saturated heterocycles. The number of nitrogens with one attached hydrogen (secondary N) is 1. The highest BCUT2D eigenvalue weighted by Crippen LogP contribution is 2.10. The maximum atomic E-state index is 12.2. The minimum absolute atomic E-state index is 0. The number of fused-ring (bicyclic) bond motifs is 1. The molecule has 1 N–H and O–H groups in total. The molecule has 6 nitrogen and oxygen atoms in total. The van der Waals surface area contributed by atoms with Crippen molar-refractivity contribution in [3.63, 3.8) is 0 Å². The Morgan fingerprint density at radius 3 is 2.95 bits per heavy atom. The Kier molecular flexibility index (Phi) is 5.26. The highest BCUT2D eigenvalue weighted by molar-refractivity contribution is 5.99. The third kappa shape index (κ3) is 3.21. The van der Waals surface area contributed by atoms with Crippen LogP contribution in [0.3, 0.4) is 0 Å². The van der Waals surface area contributed by atoms with E-state index in [9.17, 15) is 4.79 Å². The van der Waals surface area contributed by atoms with E-state index in [4.69, 9.17) is 0 Å². The Morgan fingerprint density at radius 1 is 1.53 bits per heavy atom. The van der Waals surface area contributed by atoms with Crippen molar-refractivity contribution in [1.29, 1.82) is 0 Å². The number of carbonyl (C=O) groups is 1. The lowest BCUT2D eigenvalue weighted by Crippen LogP contribution is -2.32. The lowest BCUT2D eigenvalue weighted by atomic mass is 10.3. The van der Waals surface area contributed by atoms with Gasteiger partial charge in [0, 0.05) is 32.0 Å². The van der Waals surface area contributed by atoms with Gasteiger partial charge in [-0.1, -0.05) is 0 Å². The highest BCUT2D eigenvalue weighted by atomic mass is 35.5. The summed E-state index contributed by atoms with van der Waals surface area (Å²) in [4.78, 5) is 18.3. The molecule has 19 heavy (non-hydrogen) atoms. The SMILES string of the molecule is CNCCN(C)C(=O)c1cnn2ccc(C)nc12.Cl.